The van der Waals surface area contributed by atoms with Crippen LogP contribution in [0.5, 0.6) is 0 Å². The maximum Gasteiger partial charge on any atom is 0.0751 e. The van der Waals surface area contributed by atoms with Crippen LogP contribution in [-0.2, 0) is 12.8 Å². The minimum absolute atomic E-state index is 1.23. The highest BCUT2D eigenvalue weighted by Gasteiger charge is 2.18. The molecule has 0 amide bonds. The molecule has 124 valence electrons. The quantitative estimate of drug-likeness (QED) is 0.307. The number of rotatable bonds is 10. The third-order valence-electron chi connectivity index (χ3n) is 4.17. The van der Waals surface area contributed by atoms with Gasteiger partial charge in [-0.05, 0) is 68.7 Å². The zero-order valence-corrected chi connectivity index (χ0v) is 18.4. The Morgan fingerprint density at radius 1 is 0.636 bits per heavy atom. The van der Waals surface area contributed by atoms with Gasteiger partial charge in [0.1, 0.15) is 0 Å². The zero-order chi connectivity index (χ0) is 15.9. The minimum Gasteiger partial charge on any atom is -0.127 e. The zero-order valence-electron chi connectivity index (χ0n) is 13.6. The van der Waals surface area contributed by atoms with E-state index in [9.17, 15) is 0 Å². The molecule has 0 aliphatic heterocycles. The van der Waals surface area contributed by atoms with E-state index in [1.54, 1.807) is 11.1 Å². The van der Waals surface area contributed by atoms with Crippen LogP contribution in [0, 0.1) is 0 Å². The highest BCUT2D eigenvalue weighted by Crippen LogP contribution is 2.46. The second kappa shape index (κ2) is 9.80. The molecule has 4 heteroatoms. The minimum atomic E-state index is 1.23. The Hall–Kier alpha value is 0.620. The summed E-state index contributed by atoms with van der Waals surface area (Å²) in [6, 6.07) is 0. The average Bonchev–Trinajstić information content (AvgIpc) is 2.95. The van der Waals surface area contributed by atoms with Crippen LogP contribution >= 0.6 is 54.5 Å². The van der Waals surface area contributed by atoms with Crippen molar-refractivity contribution in [2.24, 2.45) is 0 Å². The topological polar surface area (TPSA) is 0 Å². The molecule has 22 heavy (non-hydrogen) atoms. The van der Waals surface area contributed by atoms with E-state index in [1.165, 1.54) is 81.2 Å². The van der Waals surface area contributed by atoms with E-state index in [1.807, 2.05) is 22.7 Å². The monoisotopic (exact) mass is 464 g/mol. The summed E-state index contributed by atoms with van der Waals surface area (Å²) in [4.78, 5) is 0. The van der Waals surface area contributed by atoms with Crippen LogP contribution < -0.4 is 0 Å². The van der Waals surface area contributed by atoms with Crippen molar-refractivity contribution in [3.05, 3.63) is 18.7 Å². The molecule has 2 heterocycles. The molecule has 2 aromatic heterocycles. The molecule has 2 aromatic rings. The maximum absolute atomic E-state index is 3.82. The van der Waals surface area contributed by atoms with Crippen LogP contribution in [0.1, 0.15) is 76.3 Å². The summed E-state index contributed by atoms with van der Waals surface area (Å²) in [7, 11) is 0. The van der Waals surface area contributed by atoms with E-state index in [0.29, 0.717) is 0 Å². The average molecular weight is 466 g/mol. The summed E-state index contributed by atoms with van der Waals surface area (Å²) in [5.41, 5.74) is 3.11. The van der Waals surface area contributed by atoms with E-state index in [0.717, 1.165) is 0 Å². The standard InChI is InChI=1S/C18H26Br2S2/c1-3-5-7-9-11-13-15-16(22-17(13)19)14(18(20)21-15)12-10-8-6-4-2/h3-12H2,1-2H3. The van der Waals surface area contributed by atoms with Gasteiger partial charge in [-0.25, -0.2) is 0 Å². The molecule has 0 bridgehead atoms. The summed E-state index contributed by atoms with van der Waals surface area (Å²) in [6.07, 6.45) is 13.2. The van der Waals surface area contributed by atoms with Crippen LogP contribution in [0.25, 0.3) is 9.40 Å². The number of unbranched alkanes of at least 4 members (excludes halogenated alkanes) is 6. The van der Waals surface area contributed by atoms with Gasteiger partial charge in [0, 0.05) is 0 Å². The fraction of sp³-hybridized carbons (Fsp3) is 0.667. The Bertz CT molecular complexity index is 531. The Morgan fingerprint density at radius 3 is 1.41 bits per heavy atom. The number of hydrogen-bond donors (Lipinski definition) is 0. The number of halogens is 2. The highest BCUT2D eigenvalue weighted by molar-refractivity contribution is 9.11. The second-order valence-corrected chi connectivity index (χ2v) is 10.7. The van der Waals surface area contributed by atoms with Gasteiger partial charge >= 0.3 is 0 Å². The first-order chi connectivity index (χ1) is 10.7. The van der Waals surface area contributed by atoms with Crippen molar-refractivity contribution in [2.45, 2.75) is 78.1 Å². The van der Waals surface area contributed by atoms with E-state index >= 15 is 0 Å². The molecule has 0 aliphatic carbocycles. The van der Waals surface area contributed by atoms with Gasteiger partial charge in [-0.15, -0.1) is 22.7 Å². The van der Waals surface area contributed by atoms with Crippen molar-refractivity contribution >= 4 is 63.9 Å². The summed E-state index contributed by atoms with van der Waals surface area (Å²) in [5, 5.41) is 0. The van der Waals surface area contributed by atoms with Crippen LogP contribution in [0.15, 0.2) is 7.57 Å². The van der Waals surface area contributed by atoms with Crippen molar-refractivity contribution in [1.29, 1.82) is 0 Å². The van der Waals surface area contributed by atoms with Crippen LogP contribution in [-0.4, -0.2) is 0 Å². The molecule has 0 fully saturated rings. The van der Waals surface area contributed by atoms with Crippen molar-refractivity contribution in [2.75, 3.05) is 0 Å². The number of fused-ring (bicyclic) bond motifs is 1. The Balaban J connectivity index is 2.09. The van der Waals surface area contributed by atoms with Gasteiger partial charge in [-0.2, -0.15) is 0 Å². The first-order valence-electron chi connectivity index (χ1n) is 8.57. The predicted octanol–water partition coefficient (Wildman–Crippen LogP) is 8.73. The SMILES string of the molecule is CCCCCCc1c(Br)sc2c(CCCCCC)c(Br)sc12. The second-order valence-electron chi connectivity index (χ2n) is 5.99. The Morgan fingerprint density at radius 2 is 1.05 bits per heavy atom. The molecule has 0 nitrogen and oxygen atoms in total. The summed E-state index contributed by atoms with van der Waals surface area (Å²) < 4.78 is 5.80. The van der Waals surface area contributed by atoms with Gasteiger partial charge in [0.15, 0.2) is 0 Å². The molecular weight excluding hydrogens is 440 g/mol. The first kappa shape index (κ1) is 19.0. The summed E-state index contributed by atoms with van der Waals surface area (Å²) in [6.45, 7) is 4.56. The third kappa shape index (κ3) is 4.81. The normalized spacial score (nSPS) is 11.6. The lowest BCUT2D eigenvalue weighted by Gasteiger charge is -1.99. The van der Waals surface area contributed by atoms with Crippen molar-refractivity contribution < 1.29 is 0 Å². The Labute approximate surface area is 160 Å². The smallest absolute Gasteiger partial charge is 0.0751 e. The van der Waals surface area contributed by atoms with Gasteiger partial charge in [0.05, 0.1) is 17.0 Å². The molecule has 0 radical (unpaired) electrons. The molecular formula is C18H26Br2S2. The largest absolute Gasteiger partial charge is 0.127 e. The highest BCUT2D eigenvalue weighted by atomic mass is 79.9. The van der Waals surface area contributed by atoms with Gasteiger partial charge < -0.3 is 0 Å². The van der Waals surface area contributed by atoms with Crippen LogP contribution in [0.3, 0.4) is 0 Å². The third-order valence-corrected chi connectivity index (χ3v) is 8.39. The molecule has 0 saturated heterocycles. The Kier molecular flexibility index (Phi) is 8.45. The molecule has 0 unspecified atom stereocenters. The van der Waals surface area contributed by atoms with Gasteiger partial charge in [-0.3, -0.25) is 0 Å². The molecule has 0 saturated carbocycles. The first-order valence-corrected chi connectivity index (χ1v) is 11.8. The number of aryl methyl sites for hydroxylation is 2. The van der Waals surface area contributed by atoms with E-state index < -0.39 is 0 Å². The summed E-state index contributed by atoms with van der Waals surface area (Å²) in [5.74, 6) is 0. The number of hydrogen-bond acceptors (Lipinski definition) is 2. The lowest BCUT2D eigenvalue weighted by atomic mass is 10.1. The number of thiophene rings is 2. The van der Waals surface area contributed by atoms with Crippen molar-refractivity contribution in [1.82, 2.24) is 0 Å². The fourth-order valence-electron chi connectivity index (χ4n) is 2.85. The van der Waals surface area contributed by atoms with Gasteiger partial charge in [0.2, 0.25) is 0 Å². The molecule has 0 N–H and O–H groups in total. The van der Waals surface area contributed by atoms with Gasteiger partial charge in [-0.1, -0.05) is 52.4 Å². The van der Waals surface area contributed by atoms with E-state index in [2.05, 4.69) is 45.7 Å². The lowest BCUT2D eigenvalue weighted by molar-refractivity contribution is 0.668. The van der Waals surface area contributed by atoms with Crippen LogP contribution in [0.2, 0.25) is 0 Å². The molecule has 0 aliphatic rings. The van der Waals surface area contributed by atoms with E-state index in [4.69, 9.17) is 0 Å². The molecule has 2 rings (SSSR count). The van der Waals surface area contributed by atoms with E-state index in [-0.39, 0.29) is 0 Å². The van der Waals surface area contributed by atoms with Crippen molar-refractivity contribution in [3.63, 3.8) is 0 Å². The molecule has 0 aromatic carbocycles. The maximum atomic E-state index is 3.82. The van der Waals surface area contributed by atoms with Gasteiger partial charge in [0.25, 0.3) is 0 Å². The fourth-order valence-corrected chi connectivity index (χ4v) is 7.36. The van der Waals surface area contributed by atoms with Crippen molar-refractivity contribution in [3.8, 4) is 0 Å². The lowest BCUT2D eigenvalue weighted by Crippen LogP contribution is -1.84. The molecule has 0 spiro atoms. The van der Waals surface area contributed by atoms with Crippen LogP contribution in [0.4, 0.5) is 0 Å². The summed E-state index contributed by atoms with van der Waals surface area (Å²) >= 11 is 11.5. The predicted molar refractivity (Wildman–Crippen MR) is 111 cm³/mol. The molecule has 0 atom stereocenters.